The van der Waals surface area contributed by atoms with Crippen LogP contribution in [0.1, 0.15) is 47.2 Å². The molecule has 0 bridgehead atoms. The zero-order chi connectivity index (χ0) is 14.9. The Morgan fingerprint density at radius 1 is 1.10 bits per heavy atom. The minimum absolute atomic E-state index is 0.0954. The number of carbonyl (C=O) groups is 1. The molecular formula is C18H24O3. The van der Waals surface area contributed by atoms with Gasteiger partial charge in [0.1, 0.15) is 0 Å². The molecule has 0 saturated carbocycles. The fourth-order valence-corrected chi connectivity index (χ4v) is 3.70. The van der Waals surface area contributed by atoms with Gasteiger partial charge in [-0.25, -0.2) is 0 Å². The number of ketones is 1. The molecule has 0 aliphatic carbocycles. The van der Waals surface area contributed by atoms with E-state index in [4.69, 9.17) is 9.47 Å². The first-order chi connectivity index (χ1) is 10.1. The molecule has 0 amide bonds. The Balaban J connectivity index is 1.77. The molecule has 2 aliphatic rings. The zero-order valence-corrected chi connectivity index (χ0v) is 13.0. The van der Waals surface area contributed by atoms with Crippen molar-refractivity contribution in [1.29, 1.82) is 0 Å². The van der Waals surface area contributed by atoms with E-state index in [2.05, 4.69) is 6.07 Å². The summed E-state index contributed by atoms with van der Waals surface area (Å²) in [6, 6.07) is 6.14. The molecule has 1 atom stereocenters. The minimum Gasteiger partial charge on any atom is -0.381 e. The van der Waals surface area contributed by atoms with E-state index in [-0.39, 0.29) is 17.3 Å². The summed E-state index contributed by atoms with van der Waals surface area (Å²) >= 11 is 0. The van der Waals surface area contributed by atoms with Crippen molar-refractivity contribution in [3.05, 3.63) is 34.9 Å². The van der Waals surface area contributed by atoms with Crippen molar-refractivity contribution in [2.75, 3.05) is 19.8 Å². The number of ether oxygens (including phenoxy) is 2. The van der Waals surface area contributed by atoms with Crippen molar-refractivity contribution in [2.45, 2.75) is 45.1 Å². The lowest BCUT2D eigenvalue weighted by Gasteiger charge is -2.42. The average Bonchev–Trinajstić information content (AvgIpc) is 2.46. The van der Waals surface area contributed by atoms with E-state index in [0.29, 0.717) is 6.61 Å². The van der Waals surface area contributed by atoms with Crippen LogP contribution in [0.3, 0.4) is 0 Å². The molecule has 1 unspecified atom stereocenters. The third-order valence-corrected chi connectivity index (χ3v) is 4.77. The van der Waals surface area contributed by atoms with Crippen LogP contribution in [0.4, 0.5) is 0 Å². The van der Waals surface area contributed by atoms with E-state index in [1.807, 2.05) is 26.0 Å². The van der Waals surface area contributed by atoms with E-state index in [1.165, 1.54) is 0 Å². The Kier molecular flexibility index (Phi) is 4.14. The first-order valence-electron chi connectivity index (χ1n) is 7.92. The first kappa shape index (κ1) is 14.7. The van der Waals surface area contributed by atoms with Crippen LogP contribution in [0.2, 0.25) is 0 Å². The van der Waals surface area contributed by atoms with Crippen molar-refractivity contribution in [1.82, 2.24) is 0 Å². The van der Waals surface area contributed by atoms with Crippen LogP contribution in [0.25, 0.3) is 0 Å². The monoisotopic (exact) mass is 288 g/mol. The Bertz CT molecular complexity index is 504. The molecule has 1 spiro atoms. The third-order valence-electron chi connectivity index (χ3n) is 4.77. The molecule has 2 aliphatic heterocycles. The van der Waals surface area contributed by atoms with Crippen LogP contribution in [0.15, 0.2) is 18.2 Å². The fourth-order valence-electron chi connectivity index (χ4n) is 3.70. The van der Waals surface area contributed by atoms with Gasteiger partial charge in [-0.3, -0.25) is 4.79 Å². The molecule has 21 heavy (non-hydrogen) atoms. The molecule has 3 rings (SSSR count). The van der Waals surface area contributed by atoms with Gasteiger partial charge in [-0.1, -0.05) is 17.2 Å². The van der Waals surface area contributed by atoms with Gasteiger partial charge in [0.2, 0.25) is 0 Å². The minimum atomic E-state index is -0.115. The predicted molar refractivity (Wildman–Crippen MR) is 81.7 cm³/mol. The zero-order valence-electron chi connectivity index (χ0n) is 13.0. The molecular weight excluding hydrogens is 264 g/mol. The van der Waals surface area contributed by atoms with Crippen molar-refractivity contribution in [2.24, 2.45) is 5.92 Å². The van der Waals surface area contributed by atoms with Gasteiger partial charge >= 0.3 is 0 Å². The Labute approximate surface area is 126 Å². The van der Waals surface area contributed by atoms with Crippen LogP contribution in [0, 0.1) is 19.8 Å². The van der Waals surface area contributed by atoms with Gasteiger partial charge in [0.15, 0.2) is 5.78 Å². The maximum atomic E-state index is 12.8. The summed E-state index contributed by atoms with van der Waals surface area (Å²) in [4.78, 5) is 12.8. The summed E-state index contributed by atoms with van der Waals surface area (Å²) in [6.07, 6.45) is 3.53. The van der Waals surface area contributed by atoms with Gasteiger partial charge in [-0.05, 0) is 51.7 Å². The number of hydrogen-bond donors (Lipinski definition) is 0. The smallest absolute Gasteiger partial charge is 0.166 e. The summed E-state index contributed by atoms with van der Waals surface area (Å²) in [5, 5.41) is 0. The summed E-state index contributed by atoms with van der Waals surface area (Å²) in [6.45, 7) is 6.30. The van der Waals surface area contributed by atoms with Gasteiger partial charge < -0.3 is 9.47 Å². The number of carbonyl (C=O) groups excluding carboxylic acids is 1. The van der Waals surface area contributed by atoms with Crippen LogP contribution in [-0.2, 0) is 9.47 Å². The number of hydrogen-bond acceptors (Lipinski definition) is 3. The molecule has 3 heteroatoms. The van der Waals surface area contributed by atoms with Crippen LogP contribution in [-0.4, -0.2) is 31.2 Å². The number of Topliss-reactive ketones (excluding diaryl/α,β-unsaturated/α-hetero) is 1. The molecule has 0 radical (unpaired) electrons. The third kappa shape index (κ3) is 3.19. The maximum absolute atomic E-state index is 12.8. The van der Waals surface area contributed by atoms with Crippen LogP contribution < -0.4 is 0 Å². The van der Waals surface area contributed by atoms with Crippen molar-refractivity contribution in [3.8, 4) is 0 Å². The fraction of sp³-hybridized carbons (Fsp3) is 0.611. The SMILES string of the molecule is Cc1cc(C)cc(C(=O)C2CCOC3(CCOCC3)C2)c1. The van der Waals surface area contributed by atoms with Gasteiger partial charge in [0.25, 0.3) is 0 Å². The molecule has 2 fully saturated rings. The van der Waals surface area contributed by atoms with Crippen LogP contribution >= 0.6 is 0 Å². The molecule has 3 nitrogen and oxygen atoms in total. The van der Waals surface area contributed by atoms with E-state index >= 15 is 0 Å². The highest BCUT2D eigenvalue weighted by atomic mass is 16.5. The maximum Gasteiger partial charge on any atom is 0.166 e. The van der Waals surface area contributed by atoms with Crippen molar-refractivity contribution in [3.63, 3.8) is 0 Å². The molecule has 1 aromatic carbocycles. The van der Waals surface area contributed by atoms with E-state index in [1.54, 1.807) is 0 Å². The summed E-state index contributed by atoms with van der Waals surface area (Å²) in [5.74, 6) is 0.383. The van der Waals surface area contributed by atoms with Crippen molar-refractivity contribution >= 4 is 5.78 Å². The molecule has 2 heterocycles. The van der Waals surface area contributed by atoms with E-state index < -0.39 is 0 Å². The Morgan fingerprint density at radius 2 is 1.76 bits per heavy atom. The summed E-state index contributed by atoms with van der Waals surface area (Å²) in [5.41, 5.74) is 3.06. The Hall–Kier alpha value is -1.19. The Morgan fingerprint density at radius 3 is 2.43 bits per heavy atom. The standard InChI is InChI=1S/C18H24O3/c1-13-9-14(2)11-16(10-13)17(19)15-3-6-21-18(12-15)4-7-20-8-5-18/h9-11,15H,3-8,12H2,1-2H3. The molecule has 0 N–H and O–H groups in total. The van der Waals surface area contributed by atoms with Crippen molar-refractivity contribution < 1.29 is 14.3 Å². The second-order valence-electron chi connectivity index (χ2n) is 6.57. The number of benzene rings is 1. The normalized spacial score (nSPS) is 25.0. The second kappa shape index (κ2) is 5.90. The predicted octanol–water partition coefficient (Wildman–Crippen LogP) is 3.46. The van der Waals surface area contributed by atoms with Gasteiger partial charge in [0.05, 0.1) is 5.60 Å². The van der Waals surface area contributed by atoms with Gasteiger partial charge in [-0.15, -0.1) is 0 Å². The summed E-state index contributed by atoms with van der Waals surface area (Å²) < 4.78 is 11.5. The number of aryl methyl sites for hydroxylation is 2. The number of rotatable bonds is 2. The average molecular weight is 288 g/mol. The first-order valence-corrected chi connectivity index (χ1v) is 7.92. The second-order valence-corrected chi connectivity index (χ2v) is 6.57. The van der Waals surface area contributed by atoms with Gasteiger partial charge in [0, 0.05) is 31.3 Å². The molecule has 2 saturated heterocycles. The molecule has 1 aromatic rings. The highest BCUT2D eigenvalue weighted by Gasteiger charge is 2.41. The van der Waals surface area contributed by atoms with Crippen LogP contribution in [0.5, 0.6) is 0 Å². The highest BCUT2D eigenvalue weighted by molar-refractivity contribution is 5.98. The van der Waals surface area contributed by atoms with E-state index in [9.17, 15) is 4.79 Å². The largest absolute Gasteiger partial charge is 0.381 e. The van der Waals surface area contributed by atoms with Gasteiger partial charge in [-0.2, -0.15) is 0 Å². The topological polar surface area (TPSA) is 35.5 Å². The summed E-state index contributed by atoms with van der Waals surface area (Å²) in [7, 11) is 0. The molecule has 114 valence electrons. The molecule has 0 aromatic heterocycles. The lowest BCUT2D eigenvalue weighted by Crippen LogP contribution is -2.45. The quantitative estimate of drug-likeness (QED) is 0.782. The van der Waals surface area contributed by atoms with E-state index in [0.717, 1.165) is 55.6 Å². The lowest BCUT2D eigenvalue weighted by atomic mass is 9.77. The highest BCUT2D eigenvalue weighted by Crippen LogP contribution is 2.38. The lowest BCUT2D eigenvalue weighted by molar-refractivity contribution is -0.142.